The number of nitrogens with zero attached hydrogens (tertiary/aromatic N) is 4. The summed E-state index contributed by atoms with van der Waals surface area (Å²) in [6.45, 7) is 1.09. The van der Waals surface area contributed by atoms with Gasteiger partial charge in [0.1, 0.15) is 24.1 Å². The minimum Gasteiger partial charge on any atom is -0.478 e. The molecular formula is C34H28F2N4O4. The minimum atomic E-state index is -1.02. The number of carboxylic acids is 1. The highest BCUT2D eigenvalue weighted by molar-refractivity contribution is 5.92. The number of methoxy groups -OCH3 is 1. The van der Waals surface area contributed by atoms with Gasteiger partial charge < -0.3 is 19.1 Å². The van der Waals surface area contributed by atoms with Crippen LogP contribution in [0.25, 0.3) is 22.3 Å². The molecule has 2 heterocycles. The summed E-state index contributed by atoms with van der Waals surface area (Å²) in [4.78, 5) is 20.9. The van der Waals surface area contributed by atoms with Crippen LogP contribution in [0.4, 0.5) is 8.78 Å². The van der Waals surface area contributed by atoms with E-state index < -0.39 is 17.6 Å². The van der Waals surface area contributed by atoms with Crippen LogP contribution in [0.15, 0.2) is 72.8 Å². The summed E-state index contributed by atoms with van der Waals surface area (Å²) >= 11 is 0. The summed E-state index contributed by atoms with van der Waals surface area (Å²) in [6.07, 6.45) is 2.18. The zero-order chi connectivity index (χ0) is 30.8. The van der Waals surface area contributed by atoms with E-state index in [2.05, 4.69) is 4.98 Å². The van der Waals surface area contributed by atoms with Gasteiger partial charge in [-0.2, -0.15) is 5.26 Å². The van der Waals surface area contributed by atoms with E-state index in [1.54, 1.807) is 49.6 Å². The maximum atomic E-state index is 15.6. The molecule has 5 aromatic rings. The zero-order valence-corrected chi connectivity index (χ0v) is 23.9. The number of fused-ring (bicyclic) bond motifs is 1. The molecule has 1 fully saturated rings. The van der Waals surface area contributed by atoms with Crippen LogP contribution in [-0.2, 0) is 24.3 Å². The maximum absolute atomic E-state index is 15.6. The molecule has 0 saturated heterocycles. The fraction of sp³-hybridized carbons (Fsp3) is 0.235. The summed E-state index contributed by atoms with van der Waals surface area (Å²) in [6, 6.07) is 20.8. The van der Waals surface area contributed by atoms with Crippen LogP contribution in [0.3, 0.4) is 0 Å². The highest BCUT2D eigenvalue weighted by Gasteiger charge is 2.43. The molecule has 1 saturated carbocycles. The molecule has 2 aromatic heterocycles. The maximum Gasteiger partial charge on any atom is 0.335 e. The third-order valence-corrected chi connectivity index (χ3v) is 7.95. The topological polar surface area (TPSA) is 110 Å². The molecule has 222 valence electrons. The second-order valence-corrected chi connectivity index (χ2v) is 11.1. The monoisotopic (exact) mass is 594 g/mol. The van der Waals surface area contributed by atoms with E-state index in [-0.39, 0.29) is 41.0 Å². The highest BCUT2D eigenvalue weighted by atomic mass is 19.1. The van der Waals surface area contributed by atoms with Crippen LogP contribution >= 0.6 is 0 Å². The van der Waals surface area contributed by atoms with Gasteiger partial charge >= 0.3 is 5.97 Å². The molecule has 44 heavy (non-hydrogen) atoms. The fourth-order valence-electron chi connectivity index (χ4n) is 5.35. The Balaban J connectivity index is 1.24. The number of hydrogen-bond donors (Lipinski definition) is 1. The van der Waals surface area contributed by atoms with E-state index in [1.807, 2.05) is 10.6 Å². The number of halogens is 2. The van der Waals surface area contributed by atoms with Gasteiger partial charge in [0.25, 0.3) is 0 Å². The van der Waals surface area contributed by atoms with E-state index in [1.165, 1.54) is 24.3 Å². The first kappa shape index (κ1) is 29.0. The number of rotatable bonds is 11. The molecule has 8 nitrogen and oxygen atoms in total. The van der Waals surface area contributed by atoms with Gasteiger partial charge in [0.2, 0.25) is 5.88 Å². The molecule has 3 aromatic carbocycles. The van der Waals surface area contributed by atoms with Crippen molar-refractivity contribution in [2.24, 2.45) is 5.41 Å². The summed E-state index contributed by atoms with van der Waals surface area (Å²) in [7, 11) is 1.67. The normalized spacial score (nSPS) is 13.5. The van der Waals surface area contributed by atoms with Gasteiger partial charge in [0.15, 0.2) is 0 Å². The third kappa shape index (κ3) is 6.00. The summed E-state index contributed by atoms with van der Waals surface area (Å²) in [5.74, 6) is -1.11. The lowest BCUT2D eigenvalue weighted by Crippen LogP contribution is -2.19. The molecule has 0 spiro atoms. The van der Waals surface area contributed by atoms with Crippen molar-refractivity contribution >= 4 is 17.0 Å². The molecule has 0 bridgehead atoms. The number of benzene rings is 3. The first-order chi connectivity index (χ1) is 21.3. The quantitative estimate of drug-likeness (QED) is 0.185. The summed E-state index contributed by atoms with van der Waals surface area (Å²) in [5.41, 5.74) is 3.42. The number of aromatic carboxylic acids is 1. The van der Waals surface area contributed by atoms with Crippen LogP contribution in [0.2, 0.25) is 0 Å². The highest BCUT2D eigenvalue weighted by Crippen LogP contribution is 2.48. The molecule has 1 aliphatic carbocycles. The van der Waals surface area contributed by atoms with Crippen molar-refractivity contribution in [2.75, 3.05) is 13.7 Å². The zero-order valence-electron chi connectivity index (χ0n) is 23.9. The molecule has 6 rings (SSSR count). The second kappa shape index (κ2) is 11.9. The Labute approximate surface area is 252 Å². The predicted molar refractivity (Wildman–Crippen MR) is 158 cm³/mol. The molecule has 0 amide bonds. The van der Waals surface area contributed by atoms with E-state index in [9.17, 15) is 14.3 Å². The third-order valence-electron chi connectivity index (χ3n) is 7.95. The number of pyridine rings is 1. The molecule has 0 atom stereocenters. The average molecular weight is 595 g/mol. The van der Waals surface area contributed by atoms with Crippen molar-refractivity contribution in [2.45, 2.75) is 32.4 Å². The smallest absolute Gasteiger partial charge is 0.335 e. The number of carbonyl (C=O) groups is 1. The average Bonchev–Trinajstić information content (AvgIpc) is 3.70. The van der Waals surface area contributed by atoms with Crippen molar-refractivity contribution < 1.29 is 28.2 Å². The van der Waals surface area contributed by atoms with E-state index >= 15 is 4.39 Å². The number of nitriles is 1. The lowest BCUT2D eigenvalue weighted by Gasteiger charge is -2.18. The molecule has 10 heteroatoms. The van der Waals surface area contributed by atoms with Crippen molar-refractivity contribution in [3.63, 3.8) is 0 Å². The molecule has 0 aliphatic heterocycles. The summed E-state index contributed by atoms with van der Waals surface area (Å²) < 4.78 is 43.0. The van der Waals surface area contributed by atoms with Gasteiger partial charge in [-0.3, -0.25) is 0 Å². The number of hydrogen-bond acceptors (Lipinski definition) is 6. The van der Waals surface area contributed by atoms with Crippen molar-refractivity contribution in [1.82, 2.24) is 14.5 Å². The van der Waals surface area contributed by atoms with Crippen LogP contribution in [0.5, 0.6) is 5.88 Å². The van der Waals surface area contributed by atoms with Gasteiger partial charge in [-0.25, -0.2) is 23.5 Å². The fourth-order valence-corrected chi connectivity index (χ4v) is 5.35. The first-order valence-corrected chi connectivity index (χ1v) is 14.1. The number of aromatic nitrogens is 3. The number of imidazole rings is 1. The standard InChI is InChI=1S/C34H28F2N4O4/c1-43-20-34(11-12-34)19-40-30-15-24(33(41)42)9-10-29(30)38-31(40)16-22-7-8-23(14-27(22)36)28-3-2-4-32(39-28)44-18-25-6-5-21(17-37)13-26(25)35/h2-10,13-15H,11-12,16,18-20H2,1H3,(H,41,42). The van der Waals surface area contributed by atoms with Gasteiger partial charge in [-0.1, -0.05) is 24.3 Å². The van der Waals surface area contributed by atoms with Crippen molar-refractivity contribution in [3.05, 3.63) is 113 Å². The second-order valence-electron chi connectivity index (χ2n) is 11.1. The largest absolute Gasteiger partial charge is 0.478 e. The Bertz CT molecular complexity index is 1930. The van der Waals surface area contributed by atoms with Crippen LogP contribution < -0.4 is 4.74 Å². The number of ether oxygens (including phenoxy) is 2. The SMILES string of the molecule is COCC1(Cn2c(Cc3ccc(-c4cccc(OCc5ccc(C#N)cc5F)n4)cc3F)nc3ccc(C(=O)O)cc32)CC1. The van der Waals surface area contributed by atoms with Gasteiger partial charge in [-0.15, -0.1) is 0 Å². The molecule has 1 N–H and O–H groups in total. The lowest BCUT2D eigenvalue weighted by atomic mass is 10.0. The van der Waals surface area contributed by atoms with Crippen LogP contribution in [0.1, 0.15) is 45.7 Å². The Morgan fingerprint density at radius 2 is 1.82 bits per heavy atom. The Morgan fingerprint density at radius 3 is 2.52 bits per heavy atom. The molecular weight excluding hydrogens is 566 g/mol. The van der Waals surface area contributed by atoms with E-state index in [0.717, 1.165) is 18.9 Å². The van der Waals surface area contributed by atoms with E-state index in [0.29, 0.717) is 46.8 Å². The van der Waals surface area contributed by atoms with Crippen molar-refractivity contribution in [1.29, 1.82) is 5.26 Å². The number of carboxylic acid groups (broad SMARTS) is 1. The Morgan fingerprint density at radius 1 is 1.02 bits per heavy atom. The lowest BCUT2D eigenvalue weighted by molar-refractivity contribution is 0.0697. The van der Waals surface area contributed by atoms with Gasteiger partial charge in [0, 0.05) is 42.7 Å². The van der Waals surface area contributed by atoms with E-state index in [4.69, 9.17) is 19.7 Å². The molecule has 0 unspecified atom stereocenters. The summed E-state index contributed by atoms with van der Waals surface area (Å²) in [5, 5.41) is 18.5. The minimum absolute atomic E-state index is 0.0522. The first-order valence-electron chi connectivity index (χ1n) is 14.1. The van der Waals surface area contributed by atoms with Gasteiger partial charge in [-0.05, 0) is 60.9 Å². The Kier molecular flexibility index (Phi) is 7.80. The van der Waals surface area contributed by atoms with Crippen LogP contribution in [-0.4, -0.2) is 39.3 Å². The predicted octanol–water partition coefficient (Wildman–Crippen LogP) is 6.54. The van der Waals surface area contributed by atoms with Crippen molar-refractivity contribution in [3.8, 4) is 23.2 Å². The molecule has 0 radical (unpaired) electrons. The van der Waals surface area contributed by atoms with Gasteiger partial charge in [0.05, 0.1) is 40.5 Å². The Hall–Kier alpha value is -5.14. The molecule has 1 aliphatic rings. The van der Waals surface area contributed by atoms with Crippen LogP contribution in [0, 0.1) is 28.4 Å².